The standard InChI is InChI=1S/C13H17N3O2S/c1-4-19-10-6-5-7-16-9(10)8-14-11(16)13(2,3)15-12(17)18/h5-8,15H,4H2,1-3H3,(H,17,18). The smallest absolute Gasteiger partial charge is 0.405 e. The van der Waals surface area contributed by atoms with E-state index in [1.165, 1.54) is 0 Å². The van der Waals surface area contributed by atoms with Crippen LogP contribution in [0, 0.1) is 0 Å². The molecular weight excluding hydrogens is 262 g/mol. The maximum absolute atomic E-state index is 10.9. The predicted octanol–water partition coefficient (Wildman–Crippen LogP) is 2.95. The number of pyridine rings is 1. The summed E-state index contributed by atoms with van der Waals surface area (Å²) in [4.78, 5) is 16.4. The molecule has 0 bridgehead atoms. The number of carbonyl (C=O) groups is 1. The van der Waals surface area contributed by atoms with Crippen LogP contribution in [0.3, 0.4) is 0 Å². The largest absolute Gasteiger partial charge is 0.465 e. The van der Waals surface area contributed by atoms with Gasteiger partial charge in [0.1, 0.15) is 5.82 Å². The first kappa shape index (κ1) is 13.7. The number of thioether (sulfide) groups is 1. The summed E-state index contributed by atoms with van der Waals surface area (Å²) in [5.41, 5.74) is 0.262. The SMILES string of the molecule is CCSc1cccn2c(C(C)(C)NC(=O)O)ncc12. The van der Waals surface area contributed by atoms with E-state index in [4.69, 9.17) is 5.11 Å². The molecule has 2 N–H and O–H groups in total. The Kier molecular flexibility index (Phi) is 3.71. The van der Waals surface area contributed by atoms with Crippen molar-refractivity contribution in [1.82, 2.24) is 14.7 Å². The fourth-order valence-electron chi connectivity index (χ4n) is 2.06. The van der Waals surface area contributed by atoms with Crippen molar-refractivity contribution in [3.63, 3.8) is 0 Å². The predicted molar refractivity (Wildman–Crippen MR) is 75.8 cm³/mol. The Hall–Kier alpha value is -1.69. The van der Waals surface area contributed by atoms with Crippen LogP contribution in [0.25, 0.3) is 5.52 Å². The summed E-state index contributed by atoms with van der Waals surface area (Å²) >= 11 is 1.75. The van der Waals surface area contributed by atoms with Crippen molar-refractivity contribution in [2.75, 3.05) is 5.75 Å². The Morgan fingerprint density at radius 1 is 1.58 bits per heavy atom. The van der Waals surface area contributed by atoms with Gasteiger partial charge in [0.15, 0.2) is 0 Å². The first-order chi connectivity index (χ1) is 8.95. The van der Waals surface area contributed by atoms with Crippen molar-refractivity contribution in [1.29, 1.82) is 0 Å². The van der Waals surface area contributed by atoms with Gasteiger partial charge in [0.25, 0.3) is 0 Å². The Morgan fingerprint density at radius 3 is 2.95 bits per heavy atom. The van der Waals surface area contributed by atoms with Crippen LogP contribution in [-0.2, 0) is 5.54 Å². The van der Waals surface area contributed by atoms with Crippen LogP contribution in [0.4, 0.5) is 4.79 Å². The third-order valence-electron chi connectivity index (χ3n) is 2.81. The molecule has 0 radical (unpaired) electrons. The molecule has 0 aliphatic carbocycles. The van der Waals surface area contributed by atoms with Gasteiger partial charge in [-0.05, 0) is 31.7 Å². The summed E-state index contributed by atoms with van der Waals surface area (Å²) in [6.07, 6.45) is 2.64. The number of hydrogen-bond acceptors (Lipinski definition) is 3. The second kappa shape index (κ2) is 5.13. The summed E-state index contributed by atoms with van der Waals surface area (Å²) in [6.45, 7) is 5.70. The van der Waals surface area contributed by atoms with Crippen LogP contribution < -0.4 is 5.32 Å². The summed E-state index contributed by atoms with van der Waals surface area (Å²) in [5.74, 6) is 1.67. The molecule has 1 amide bonds. The number of hydrogen-bond donors (Lipinski definition) is 2. The molecule has 0 aromatic carbocycles. The zero-order valence-electron chi connectivity index (χ0n) is 11.2. The van der Waals surface area contributed by atoms with Crippen molar-refractivity contribution in [2.45, 2.75) is 31.2 Å². The fraction of sp³-hybridized carbons (Fsp3) is 0.385. The quantitative estimate of drug-likeness (QED) is 0.844. The molecule has 0 saturated heterocycles. The van der Waals surface area contributed by atoms with Gasteiger partial charge in [-0.15, -0.1) is 11.8 Å². The van der Waals surface area contributed by atoms with Gasteiger partial charge in [-0.3, -0.25) is 0 Å². The van der Waals surface area contributed by atoms with Crippen molar-refractivity contribution in [3.8, 4) is 0 Å². The maximum Gasteiger partial charge on any atom is 0.405 e. The van der Waals surface area contributed by atoms with E-state index >= 15 is 0 Å². The Balaban J connectivity index is 2.51. The zero-order chi connectivity index (χ0) is 14.0. The molecule has 6 heteroatoms. The maximum atomic E-state index is 10.9. The van der Waals surface area contributed by atoms with E-state index in [0.717, 1.165) is 16.2 Å². The Morgan fingerprint density at radius 2 is 2.32 bits per heavy atom. The van der Waals surface area contributed by atoms with Gasteiger partial charge in [-0.25, -0.2) is 9.78 Å². The molecule has 19 heavy (non-hydrogen) atoms. The van der Waals surface area contributed by atoms with Crippen LogP contribution in [0.5, 0.6) is 0 Å². The normalized spacial score (nSPS) is 11.7. The lowest BCUT2D eigenvalue weighted by atomic mass is 10.1. The number of carboxylic acid groups (broad SMARTS) is 1. The first-order valence-corrected chi connectivity index (χ1v) is 7.04. The van der Waals surface area contributed by atoms with E-state index < -0.39 is 11.6 Å². The molecule has 0 spiro atoms. The minimum Gasteiger partial charge on any atom is -0.465 e. The molecule has 0 atom stereocenters. The van der Waals surface area contributed by atoms with Crippen LogP contribution in [0.1, 0.15) is 26.6 Å². The van der Waals surface area contributed by atoms with E-state index in [2.05, 4.69) is 17.2 Å². The topological polar surface area (TPSA) is 66.6 Å². The van der Waals surface area contributed by atoms with Crippen LogP contribution in [-0.4, -0.2) is 26.3 Å². The highest BCUT2D eigenvalue weighted by molar-refractivity contribution is 7.99. The second-order valence-electron chi connectivity index (χ2n) is 4.70. The van der Waals surface area contributed by atoms with Crippen molar-refractivity contribution < 1.29 is 9.90 Å². The average molecular weight is 279 g/mol. The number of nitrogens with one attached hydrogen (secondary N) is 1. The molecule has 102 valence electrons. The molecule has 2 aromatic heterocycles. The van der Waals surface area contributed by atoms with Crippen molar-refractivity contribution >= 4 is 23.4 Å². The van der Waals surface area contributed by atoms with E-state index in [-0.39, 0.29) is 0 Å². The van der Waals surface area contributed by atoms with Crippen molar-refractivity contribution in [3.05, 3.63) is 30.4 Å². The van der Waals surface area contributed by atoms with Gasteiger partial charge < -0.3 is 14.8 Å². The lowest BCUT2D eigenvalue weighted by molar-refractivity contribution is 0.181. The third kappa shape index (κ3) is 2.68. The van der Waals surface area contributed by atoms with Crippen molar-refractivity contribution in [2.24, 2.45) is 0 Å². The molecule has 5 nitrogen and oxygen atoms in total. The van der Waals surface area contributed by atoms with Gasteiger partial charge in [0.2, 0.25) is 0 Å². The lowest BCUT2D eigenvalue weighted by Crippen LogP contribution is -2.41. The van der Waals surface area contributed by atoms with Crippen LogP contribution >= 0.6 is 11.8 Å². The molecule has 0 saturated carbocycles. The van der Waals surface area contributed by atoms with Crippen LogP contribution in [0.2, 0.25) is 0 Å². The monoisotopic (exact) mass is 279 g/mol. The highest BCUT2D eigenvalue weighted by atomic mass is 32.2. The number of imidazole rings is 1. The number of aromatic nitrogens is 2. The minimum absolute atomic E-state index is 0.684. The first-order valence-electron chi connectivity index (χ1n) is 6.06. The molecule has 0 fully saturated rings. The third-order valence-corrected chi connectivity index (χ3v) is 3.76. The van der Waals surface area contributed by atoms with Gasteiger partial charge in [0.05, 0.1) is 17.3 Å². The van der Waals surface area contributed by atoms with E-state index in [9.17, 15) is 4.79 Å². The Labute approximate surface area is 116 Å². The highest BCUT2D eigenvalue weighted by Crippen LogP contribution is 2.27. The Bertz CT molecular complexity index is 607. The second-order valence-corrected chi connectivity index (χ2v) is 6.00. The van der Waals surface area contributed by atoms with Crippen LogP contribution in [0.15, 0.2) is 29.4 Å². The average Bonchev–Trinajstić information content (AvgIpc) is 2.73. The summed E-state index contributed by atoms with van der Waals surface area (Å²) < 4.78 is 1.94. The molecular formula is C13H17N3O2S. The van der Waals surface area contributed by atoms with E-state index in [0.29, 0.717) is 5.82 Å². The number of nitrogens with zero attached hydrogens (tertiary/aromatic N) is 2. The summed E-state index contributed by atoms with van der Waals surface area (Å²) in [5, 5.41) is 11.4. The molecule has 0 unspecified atom stereocenters. The lowest BCUT2D eigenvalue weighted by Gasteiger charge is -2.23. The molecule has 0 aliphatic rings. The van der Waals surface area contributed by atoms with Gasteiger partial charge in [0, 0.05) is 11.1 Å². The van der Waals surface area contributed by atoms with E-state index in [1.54, 1.807) is 31.8 Å². The van der Waals surface area contributed by atoms with Gasteiger partial charge in [-0.1, -0.05) is 6.92 Å². The summed E-state index contributed by atoms with van der Waals surface area (Å²) in [7, 11) is 0. The number of fused-ring (bicyclic) bond motifs is 1. The zero-order valence-corrected chi connectivity index (χ0v) is 12.0. The molecule has 2 aromatic rings. The fourth-order valence-corrected chi connectivity index (χ4v) is 2.84. The number of amides is 1. The highest BCUT2D eigenvalue weighted by Gasteiger charge is 2.27. The minimum atomic E-state index is -1.05. The molecule has 2 rings (SSSR count). The van der Waals surface area contributed by atoms with E-state index in [1.807, 2.05) is 22.7 Å². The molecule has 0 aliphatic heterocycles. The molecule has 2 heterocycles. The number of rotatable bonds is 4. The van der Waals surface area contributed by atoms with Gasteiger partial charge in [-0.2, -0.15) is 0 Å². The van der Waals surface area contributed by atoms with Gasteiger partial charge >= 0.3 is 6.09 Å². The summed E-state index contributed by atoms with van der Waals surface area (Å²) in [6, 6.07) is 4.00.